The molecular weight excluding hydrogens is 260 g/mol. The number of aryl methyl sites for hydroxylation is 2. The van der Waals surface area contributed by atoms with Gasteiger partial charge >= 0.3 is 5.97 Å². The third-order valence-corrected chi connectivity index (χ3v) is 3.69. The Morgan fingerprint density at radius 1 is 1.00 bits per heavy atom. The Kier molecular flexibility index (Phi) is 4.59. The van der Waals surface area contributed by atoms with E-state index in [4.69, 9.17) is 0 Å². The summed E-state index contributed by atoms with van der Waals surface area (Å²) in [6, 6.07) is 14.6. The van der Waals surface area contributed by atoms with Gasteiger partial charge in [0.25, 0.3) is 0 Å². The number of carbonyl (C=O) groups is 1. The SMILES string of the molecule is COC(=O)/C=C(\C)c1cccc(-c2ccc(C)c(C)c2)c1. The predicted octanol–water partition coefficient (Wildman–Crippen LogP) is 4.55. The summed E-state index contributed by atoms with van der Waals surface area (Å²) in [5.74, 6) is -0.330. The maximum atomic E-state index is 11.3. The van der Waals surface area contributed by atoms with Crippen molar-refractivity contribution < 1.29 is 9.53 Å². The zero-order chi connectivity index (χ0) is 15.4. The molecule has 0 radical (unpaired) electrons. The zero-order valence-electron chi connectivity index (χ0n) is 12.9. The minimum Gasteiger partial charge on any atom is -0.466 e. The maximum absolute atomic E-state index is 11.3. The molecule has 2 nitrogen and oxygen atoms in total. The second-order valence-electron chi connectivity index (χ2n) is 5.23. The highest BCUT2D eigenvalue weighted by Gasteiger charge is 2.04. The molecule has 0 bridgehead atoms. The van der Waals surface area contributed by atoms with E-state index in [2.05, 4.69) is 48.9 Å². The van der Waals surface area contributed by atoms with Crippen LogP contribution in [0.25, 0.3) is 16.7 Å². The van der Waals surface area contributed by atoms with Crippen molar-refractivity contribution in [1.29, 1.82) is 0 Å². The Bertz CT molecular complexity index is 696. The largest absolute Gasteiger partial charge is 0.466 e. The summed E-state index contributed by atoms with van der Waals surface area (Å²) < 4.78 is 4.67. The molecule has 0 heterocycles. The van der Waals surface area contributed by atoms with Crippen LogP contribution in [0.2, 0.25) is 0 Å². The topological polar surface area (TPSA) is 26.3 Å². The van der Waals surface area contributed by atoms with Gasteiger partial charge in [-0.1, -0.05) is 36.4 Å². The van der Waals surface area contributed by atoms with E-state index in [1.165, 1.54) is 29.9 Å². The standard InChI is InChI=1S/C19H20O2/c1-13-8-9-18(10-14(13)2)17-7-5-6-16(12-17)15(3)11-19(20)21-4/h5-12H,1-4H3/b15-11+. The van der Waals surface area contributed by atoms with E-state index in [0.717, 1.165) is 16.7 Å². The Balaban J connectivity index is 2.39. The number of allylic oxidation sites excluding steroid dienone is 1. The van der Waals surface area contributed by atoms with Crippen LogP contribution in [0.15, 0.2) is 48.5 Å². The van der Waals surface area contributed by atoms with E-state index in [0.29, 0.717) is 0 Å². The predicted molar refractivity (Wildman–Crippen MR) is 87.0 cm³/mol. The van der Waals surface area contributed by atoms with Crippen molar-refractivity contribution in [3.63, 3.8) is 0 Å². The second kappa shape index (κ2) is 6.40. The highest BCUT2D eigenvalue weighted by atomic mass is 16.5. The molecule has 2 heteroatoms. The molecule has 0 fully saturated rings. The normalized spacial score (nSPS) is 11.3. The molecular formula is C19H20O2. The summed E-state index contributed by atoms with van der Waals surface area (Å²) >= 11 is 0. The van der Waals surface area contributed by atoms with E-state index < -0.39 is 0 Å². The lowest BCUT2D eigenvalue weighted by molar-refractivity contribution is -0.134. The van der Waals surface area contributed by atoms with Crippen molar-refractivity contribution in [1.82, 2.24) is 0 Å². The average Bonchev–Trinajstić information content (AvgIpc) is 2.50. The number of benzene rings is 2. The van der Waals surface area contributed by atoms with Crippen LogP contribution >= 0.6 is 0 Å². The second-order valence-corrected chi connectivity index (χ2v) is 5.23. The Labute approximate surface area is 126 Å². The monoisotopic (exact) mass is 280 g/mol. The summed E-state index contributed by atoms with van der Waals surface area (Å²) in [6.07, 6.45) is 1.51. The molecule has 108 valence electrons. The Hall–Kier alpha value is -2.35. The van der Waals surface area contributed by atoms with E-state index in [-0.39, 0.29) is 5.97 Å². The highest BCUT2D eigenvalue weighted by Crippen LogP contribution is 2.25. The minimum absolute atomic E-state index is 0.330. The van der Waals surface area contributed by atoms with Crippen LogP contribution in [-0.2, 0) is 9.53 Å². The summed E-state index contributed by atoms with van der Waals surface area (Å²) in [5, 5.41) is 0. The fourth-order valence-electron chi connectivity index (χ4n) is 2.18. The first-order valence-corrected chi connectivity index (χ1v) is 6.95. The maximum Gasteiger partial charge on any atom is 0.330 e. The summed E-state index contributed by atoms with van der Waals surface area (Å²) in [4.78, 5) is 11.3. The smallest absolute Gasteiger partial charge is 0.330 e. The van der Waals surface area contributed by atoms with Crippen molar-refractivity contribution in [2.24, 2.45) is 0 Å². The van der Waals surface area contributed by atoms with E-state index in [1.807, 2.05) is 19.1 Å². The molecule has 0 N–H and O–H groups in total. The lowest BCUT2D eigenvalue weighted by Gasteiger charge is -2.08. The number of carbonyl (C=O) groups excluding carboxylic acids is 1. The molecule has 0 unspecified atom stereocenters. The van der Waals surface area contributed by atoms with Crippen LogP contribution in [0.1, 0.15) is 23.6 Å². The van der Waals surface area contributed by atoms with Crippen LogP contribution in [0.3, 0.4) is 0 Å². The van der Waals surface area contributed by atoms with Crippen LogP contribution in [-0.4, -0.2) is 13.1 Å². The van der Waals surface area contributed by atoms with Gasteiger partial charge in [0.2, 0.25) is 0 Å². The van der Waals surface area contributed by atoms with Gasteiger partial charge in [-0.3, -0.25) is 0 Å². The average molecular weight is 280 g/mol. The van der Waals surface area contributed by atoms with Crippen molar-refractivity contribution >= 4 is 11.5 Å². The molecule has 2 aromatic carbocycles. The van der Waals surface area contributed by atoms with Gasteiger partial charge in [-0.05, 0) is 60.2 Å². The molecule has 0 aromatic heterocycles. The lowest BCUT2D eigenvalue weighted by atomic mass is 9.97. The molecule has 0 atom stereocenters. The number of ether oxygens (including phenoxy) is 1. The van der Waals surface area contributed by atoms with Crippen molar-refractivity contribution in [3.05, 3.63) is 65.2 Å². The summed E-state index contributed by atoms with van der Waals surface area (Å²) in [6.45, 7) is 6.14. The van der Waals surface area contributed by atoms with Gasteiger partial charge in [0.05, 0.1) is 7.11 Å². The van der Waals surface area contributed by atoms with Gasteiger partial charge in [0, 0.05) is 6.08 Å². The van der Waals surface area contributed by atoms with Crippen molar-refractivity contribution in [2.75, 3.05) is 7.11 Å². The van der Waals surface area contributed by atoms with Crippen LogP contribution < -0.4 is 0 Å². The van der Waals surface area contributed by atoms with Crippen LogP contribution in [0.5, 0.6) is 0 Å². The summed E-state index contributed by atoms with van der Waals surface area (Å²) in [5.41, 5.74) is 6.82. The van der Waals surface area contributed by atoms with E-state index in [9.17, 15) is 4.79 Å². The molecule has 2 aromatic rings. The Morgan fingerprint density at radius 3 is 2.38 bits per heavy atom. The van der Waals surface area contributed by atoms with Gasteiger partial charge in [-0.25, -0.2) is 4.79 Å². The molecule has 2 rings (SSSR count). The molecule has 0 aliphatic heterocycles. The van der Waals surface area contributed by atoms with Crippen molar-refractivity contribution in [2.45, 2.75) is 20.8 Å². The lowest BCUT2D eigenvalue weighted by Crippen LogP contribution is -1.95. The molecule has 0 spiro atoms. The fourth-order valence-corrected chi connectivity index (χ4v) is 2.18. The van der Waals surface area contributed by atoms with Crippen LogP contribution in [0, 0.1) is 13.8 Å². The first-order chi connectivity index (χ1) is 10.0. The first-order valence-electron chi connectivity index (χ1n) is 6.95. The molecule has 0 aliphatic rings. The van der Waals surface area contributed by atoms with Crippen LogP contribution in [0.4, 0.5) is 0 Å². The van der Waals surface area contributed by atoms with E-state index >= 15 is 0 Å². The van der Waals surface area contributed by atoms with Gasteiger partial charge in [-0.15, -0.1) is 0 Å². The van der Waals surface area contributed by atoms with Gasteiger partial charge in [0.1, 0.15) is 0 Å². The van der Waals surface area contributed by atoms with E-state index in [1.54, 1.807) is 0 Å². The summed E-state index contributed by atoms with van der Waals surface area (Å²) in [7, 11) is 1.39. The zero-order valence-corrected chi connectivity index (χ0v) is 12.9. The van der Waals surface area contributed by atoms with Gasteiger partial charge in [0.15, 0.2) is 0 Å². The molecule has 0 aliphatic carbocycles. The van der Waals surface area contributed by atoms with Gasteiger partial charge in [-0.2, -0.15) is 0 Å². The number of hydrogen-bond acceptors (Lipinski definition) is 2. The van der Waals surface area contributed by atoms with Crippen molar-refractivity contribution in [3.8, 4) is 11.1 Å². The molecule has 0 amide bonds. The fraction of sp³-hybridized carbons (Fsp3) is 0.211. The third-order valence-electron chi connectivity index (χ3n) is 3.69. The minimum atomic E-state index is -0.330. The quantitative estimate of drug-likeness (QED) is 0.609. The molecule has 0 saturated carbocycles. The highest BCUT2D eigenvalue weighted by molar-refractivity contribution is 5.91. The molecule has 21 heavy (non-hydrogen) atoms. The van der Waals surface area contributed by atoms with Gasteiger partial charge < -0.3 is 4.74 Å². The number of hydrogen-bond donors (Lipinski definition) is 0. The number of esters is 1. The number of rotatable bonds is 3. The third kappa shape index (κ3) is 3.60. The first kappa shape index (κ1) is 15.0. The Morgan fingerprint density at radius 2 is 1.71 bits per heavy atom. The number of methoxy groups -OCH3 is 1. The molecule has 0 saturated heterocycles.